The van der Waals surface area contributed by atoms with Crippen molar-refractivity contribution in [3.05, 3.63) is 108 Å². The number of hydrogen-bond acceptors (Lipinski definition) is 7. The van der Waals surface area contributed by atoms with E-state index in [-0.39, 0.29) is 62.1 Å². The molecule has 5 amide bonds. The number of benzene rings is 3. The number of piperidine rings is 1. The molecule has 2 saturated heterocycles. The van der Waals surface area contributed by atoms with Gasteiger partial charge in [0.1, 0.15) is 24.2 Å². The van der Waals surface area contributed by atoms with Gasteiger partial charge in [0.15, 0.2) is 5.96 Å². The van der Waals surface area contributed by atoms with Crippen LogP contribution >= 0.6 is 0 Å². The zero-order valence-corrected chi connectivity index (χ0v) is 31.8. The van der Waals surface area contributed by atoms with Gasteiger partial charge in [-0.3, -0.25) is 33.8 Å². The van der Waals surface area contributed by atoms with Gasteiger partial charge in [-0.25, -0.2) is 0 Å². The number of guanidine groups is 1. The molecule has 0 spiro atoms. The van der Waals surface area contributed by atoms with Gasteiger partial charge in [0.2, 0.25) is 29.5 Å². The van der Waals surface area contributed by atoms with Crippen LogP contribution in [0.25, 0.3) is 0 Å². The van der Waals surface area contributed by atoms with Crippen LogP contribution < -0.4 is 32.7 Å². The Morgan fingerprint density at radius 3 is 2.07 bits per heavy atom. The quantitative estimate of drug-likeness (QED) is 0.0525. The van der Waals surface area contributed by atoms with Crippen molar-refractivity contribution in [1.82, 2.24) is 26.2 Å². The lowest BCUT2D eigenvalue weighted by molar-refractivity contribution is -0.147. The lowest BCUT2D eigenvalue weighted by Crippen LogP contribution is -2.61. The van der Waals surface area contributed by atoms with E-state index in [0.717, 1.165) is 16.7 Å². The fraction of sp³-hybridized carbons (Fsp3) is 0.405. The number of fused-ring (bicyclic) bond motifs is 1. The van der Waals surface area contributed by atoms with Crippen LogP contribution in [0, 0.1) is 5.92 Å². The molecule has 0 aromatic heterocycles. The first-order valence-corrected chi connectivity index (χ1v) is 19.4. The van der Waals surface area contributed by atoms with Crippen molar-refractivity contribution in [3.63, 3.8) is 0 Å². The number of nitrogens with one attached hydrogen (secondary N) is 4. The van der Waals surface area contributed by atoms with Gasteiger partial charge in [-0.05, 0) is 67.6 Å². The SMILES string of the molecule is NC(N)=NCCC[C@H](NC(=O)[C@@H]1C[C@@H](Cc2ccccc2)[C@H]2CC[C@H](NC(=O)Cc3ccccc3)C(=O)N21)C(=O)N[C@@H](CC(=O)O)C(=O)NCCc1ccccc1. The monoisotopic (exact) mass is 780 g/mol. The second-order valence-corrected chi connectivity index (χ2v) is 14.6. The number of rotatable bonds is 19. The van der Waals surface area contributed by atoms with Crippen molar-refractivity contribution in [1.29, 1.82) is 0 Å². The number of carboxylic acids is 1. The number of carbonyl (C=O) groups is 6. The van der Waals surface area contributed by atoms with Crippen LogP contribution in [-0.2, 0) is 48.0 Å². The fourth-order valence-electron chi connectivity index (χ4n) is 7.67. The maximum absolute atomic E-state index is 14.3. The molecule has 0 unspecified atom stereocenters. The summed E-state index contributed by atoms with van der Waals surface area (Å²) in [6.07, 6.45) is 2.09. The third-order valence-corrected chi connectivity index (χ3v) is 10.4. The van der Waals surface area contributed by atoms with Crippen LogP contribution in [0.4, 0.5) is 0 Å². The van der Waals surface area contributed by atoms with E-state index in [1.165, 1.54) is 0 Å². The minimum absolute atomic E-state index is 0.0411. The molecule has 2 heterocycles. The molecule has 2 aliphatic rings. The summed E-state index contributed by atoms with van der Waals surface area (Å²) in [7, 11) is 0. The fourth-order valence-corrected chi connectivity index (χ4v) is 7.67. The van der Waals surface area contributed by atoms with E-state index in [1.54, 1.807) is 4.90 Å². The Morgan fingerprint density at radius 2 is 1.44 bits per heavy atom. The smallest absolute Gasteiger partial charge is 0.305 e. The molecule has 2 fully saturated rings. The average molecular weight is 781 g/mol. The van der Waals surface area contributed by atoms with E-state index < -0.39 is 54.3 Å². The number of carboxylic acid groups (broad SMARTS) is 1. The van der Waals surface area contributed by atoms with E-state index in [9.17, 15) is 33.9 Å². The lowest BCUT2D eigenvalue weighted by atomic mass is 9.86. The van der Waals surface area contributed by atoms with E-state index in [2.05, 4.69) is 26.3 Å². The molecule has 15 nitrogen and oxygen atoms in total. The summed E-state index contributed by atoms with van der Waals surface area (Å²) in [5.41, 5.74) is 13.8. The number of amides is 5. The van der Waals surface area contributed by atoms with Crippen LogP contribution in [0.15, 0.2) is 96.0 Å². The molecule has 0 saturated carbocycles. The first kappa shape index (κ1) is 41.9. The molecule has 0 bridgehead atoms. The molecule has 3 aromatic carbocycles. The van der Waals surface area contributed by atoms with Gasteiger partial charge in [-0.1, -0.05) is 91.0 Å². The van der Waals surface area contributed by atoms with Gasteiger partial charge in [0.25, 0.3) is 0 Å². The highest BCUT2D eigenvalue weighted by atomic mass is 16.4. The second-order valence-electron chi connectivity index (χ2n) is 14.6. The van der Waals surface area contributed by atoms with Crippen molar-refractivity contribution in [2.75, 3.05) is 13.1 Å². The summed E-state index contributed by atoms with van der Waals surface area (Å²) in [4.78, 5) is 86.0. The maximum Gasteiger partial charge on any atom is 0.305 e. The zero-order chi connectivity index (χ0) is 40.7. The summed E-state index contributed by atoms with van der Waals surface area (Å²) in [5, 5.41) is 20.5. The molecular formula is C42H52N8O7. The van der Waals surface area contributed by atoms with Crippen molar-refractivity contribution >= 4 is 41.5 Å². The highest BCUT2D eigenvalue weighted by Gasteiger charge is 2.51. The van der Waals surface area contributed by atoms with Crippen LogP contribution in [-0.4, -0.2) is 94.8 Å². The number of carbonyl (C=O) groups excluding carboxylic acids is 5. The highest BCUT2D eigenvalue weighted by Crippen LogP contribution is 2.39. The van der Waals surface area contributed by atoms with Gasteiger partial charge in [0.05, 0.1) is 12.8 Å². The molecule has 2 aliphatic heterocycles. The first-order valence-electron chi connectivity index (χ1n) is 19.4. The van der Waals surface area contributed by atoms with Gasteiger partial charge in [0, 0.05) is 19.1 Å². The Hall–Kier alpha value is -6.25. The lowest BCUT2D eigenvalue weighted by Gasteiger charge is -2.39. The minimum Gasteiger partial charge on any atom is -0.481 e. The predicted octanol–water partition coefficient (Wildman–Crippen LogP) is 1.19. The van der Waals surface area contributed by atoms with E-state index in [1.807, 2.05) is 91.0 Å². The van der Waals surface area contributed by atoms with Gasteiger partial charge >= 0.3 is 5.97 Å². The van der Waals surface area contributed by atoms with Crippen molar-refractivity contribution < 1.29 is 33.9 Å². The third kappa shape index (κ3) is 12.4. The molecule has 15 heteroatoms. The molecule has 9 N–H and O–H groups in total. The number of aliphatic carboxylic acids is 1. The summed E-state index contributed by atoms with van der Waals surface area (Å²) >= 11 is 0. The van der Waals surface area contributed by atoms with Crippen LogP contribution in [0.3, 0.4) is 0 Å². The standard InChI is InChI=1S/C42H52N8O7/c43-42(44)46-21-10-17-31(39(55)49-33(26-37(52)53)38(54)45-22-20-27-11-4-1-5-12-27)48-40(56)35-25-30(23-28-13-6-2-7-14-28)34-19-18-32(41(57)50(34)35)47-36(51)24-29-15-8-3-9-16-29/h1-9,11-16,30-35H,10,17-26H2,(H,45,54)(H,47,51)(H,48,56)(H,49,55)(H,52,53)(H4,43,44,46)/t30-,31+,32+,33+,34-,35+/m1/s1. The molecule has 57 heavy (non-hydrogen) atoms. The maximum atomic E-state index is 14.3. The first-order chi connectivity index (χ1) is 27.5. The normalized spacial score (nSPS) is 19.6. The largest absolute Gasteiger partial charge is 0.481 e. The van der Waals surface area contributed by atoms with E-state index >= 15 is 0 Å². The number of aliphatic imine (C=N–C) groups is 1. The summed E-state index contributed by atoms with van der Waals surface area (Å²) in [6.45, 7) is 0.345. The van der Waals surface area contributed by atoms with Crippen molar-refractivity contribution in [3.8, 4) is 0 Å². The zero-order valence-electron chi connectivity index (χ0n) is 31.8. The second kappa shape index (κ2) is 20.6. The van der Waals surface area contributed by atoms with E-state index in [4.69, 9.17) is 11.5 Å². The highest BCUT2D eigenvalue weighted by molar-refractivity contribution is 5.97. The predicted molar refractivity (Wildman–Crippen MR) is 213 cm³/mol. The number of nitrogens with two attached hydrogens (primary N) is 2. The molecule has 3 aromatic rings. The number of nitrogens with zero attached hydrogens (tertiary/aromatic N) is 2. The molecule has 0 aliphatic carbocycles. The van der Waals surface area contributed by atoms with E-state index in [0.29, 0.717) is 32.1 Å². The Kier molecular flexibility index (Phi) is 15.1. The Bertz CT molecular complexity index is 1870. The summed E-state index contributed by atoms with van der Waals surface area (Å²) in [5.74, 6) is -4.25. The molecule has 6 atom stereocenters. The number of hydrogen-bond donors (Lipinski definition) is 7. The third-order valence-electron chi connectivity index (χ3n) is 10.4. The Labute approximate surface area is 332 Å². The minimum atomic E-state index is -1.43. The summed E-state index contributed by atoms with van der Waals surface area (Å²) in [6, 6.07) is 23.6. The van der Waals surface area contributed by atoms with Gasteiger partial charge < -0.3 is 42.7 Å². The van der Waals surface area contributed by atoms with Crippen molar-refractivity contribution in [2.24, 2.45) is 22.4 Å². The van der Waals surface area contributed by atoms with Crippen LogP contribution in [0.1, 0.15) is 55.2 Å². The van der Waals surface area contributed by atoms with Crippen molar-refractivity contribution in [2.45, 2.75) is 88.0 Å². The van der Waals surface area contributed by atoms with Gasteiger partial charge in [-0.15, -0.1) is 0 Å². The van der Waals surface area contributed by atoms with Gasteiger partial charge in [-0.2, -0.15) is 0 Å². The molecule has 302 valence electrons. The molecular weight excluding hydrogens is 729 g/mol. The topological polar surface area (TPSA) is 238 Å². The Morgan fingerprint density at radius 1 is 0.807 bits per heavy atom. The van der Waals surface area contributed by atoms with Crippen LogP contribution in [0.5, 0.6) is 0 Å². The Balaban J connectivity index is 1.32. The van der Waals surface area contributed by atoms with Crippen LogP contribution in [0.2, 0.25) is 0 Å². The summed E-state index contributed by atoms with van der Waals surface area (Å²) < 4.78 is 0. The average Bonchev–Trinajstić information content (AvgIpc) is 3.56. The molecule has 0 radical (unpaired) electrons. The molecule has 5 rings (SSSR count).